The van der Waals surface area contributed by atoms with Gasteiger partial charge in [0.1, 0.15) is 11.4 Å². The predicted molar refractivity (Wildman–Crippen MR) is 68.1 cm³/mol. The number of fused-ring (bicyclic) bond motifs is 1. The van der Waals surface area contributed by atoms with Crippen molar-refractivity contribution in [1.82, 2.24) is 9.97 Å². The van der Waals surface area contributed by atoms with E-state index in [1.165, 1.54) is 4.70 Å². The van der Waals surface area contributed by atoms with E-state index in [4.69, 9.17) is 11.6 Å². The van der Waals surface area contributed by atoms with Crippen molar-refractivity contribution in [2.24, 2.45) is 0 Å². The molecule has 0 radical (unpaired) electrons. The summed E-state index contributed by atoms with van der Waals surface area (Å²) in [6, 6.07) is 2.03. The molecule has 0 amide bonds. The van der Waals surface area contributed by atoms with Gasteiger partial charge in [-0.25, -0.2) is 9.97 Å². The Labute approximate surface area is 102 Å². The molecule has 0 aromatic carbocycles. The molecular formula is C10H11ClN2S2. The summed E-state index contributed by atoms with van der Waals surface area (Å²) in [6.07, 6.45) is 2.63. The first-order valence-corrected chi connectivity index (χ1v) is 7.01. The first-order chi connectivity index (χ1) is 7.31. The van der Waals surface area contributed by atoms with Crippen LogP contribution in [-0.4, -0.2) is 21.1 Å². The van der Waals surface area contributed by atoms with Crippen molar-refractivity contribution < 1.29 is 0 Å². The zero-order valence-electron chi connectivity index (χ0n) is 8.31. The molecule has 2 rings (SSSR count). The fraction of sp³-hybridized carbons (Fsp3) is 0.400. The molecule has 0 saturated heterocycles. The van der Waals surface area contributed by atoms with Gasteiger partial charge in [-0.2, -0.15) is 0 Å². The molecule has 0 spiro atoms. The van der Waals surface area contributed by atoms with Gasteiger partial charge >= 0.3 is 0 Å². The van der Waals surface area contributed by atoms with E-state index < -0.39 is 0 Å². The number of rotatable bonds is 4. The molecule has 0 aliphatic heterocycles. The summed E-state index contributed by atoms with van der Waals surface area (Å²) < 4.78 is 1.18. The highest BCUT2D eigenvalue weighted by Gasteiger charge is 2.09. The maximum absolute atomic E-state index is 5.72. The number of hydrogen-bond acceptors (Lipinski definition) is 4. The number of halogens is 1. The average molecular weight is 259 g/mol. The number of hydrogen-bond donors (Lipinski definition) is 0. The smallest absolute Gasteiger partial charge is 0.118 e. The molecule has 5 heteroatoms. The second kappa shape index (κ2) is 5.14. The molecule has 15 heavy (non-hydrogen) atoms. The minimum atomic E-state index is 0.502. The van der Waals surface area contributed by atoms with Crippen LogP contribution in [0.25, 0.3) is 10.2 Å². The van der Waals surface area contributed by atoms with Gasteiger partial charge in [-0.1, -0.05) is 6.92 Å². The van der Waals surface area contributed by atoms with Crippen LogP contribution in [0.1, 0.15) is 13.3 Å². The Morgan fingerprint density at radius 3 is 3.20 bits per heavy atom. The fourth-order valence-electron chi connectivity index (χ4n) is 1.25. The molecule has 1 atom stereocenters. The molecule has 2 nitrogen and oxygen atoms in total. The largest absolute Gasteiger partial charge is 0.235 e. The minimum Gasteiger partial charge on any atom is -0.235 e. The summed E-state index contributed by atoms with van der Waals surface area (Å²) in [4.78, 5) is 8.54. The molecule has 2 aromatic heterocycles. The van der Waals surface area contributed by atoms with Crippen LogP contribution in [0.2, 0.25) is 0 Å². The number of alkyl halides is 1. The van der Waals surface area contributed by atoms with E-state index in [0.717, 1.165) is 17.0 Å². The molecule has 0 N–H and O–H groups in total. The Morgan fingerprint density at radius 1 is 1.53 bits per heavy atom. The lowest BCUT2D eigenvalue weighted by molar-refractivity contribution is 0.908. The predicted octanol–water partition coefficient (Wildman–Crippen LogP) is 3.80. The molecular weight excluding hydrogens is 248 g/mol. The van der Waals surface area contributed by atoms with Gasteiger partial charge in [0.25, 0.3) is 0 Å². The van der Waals surface area contributed by atoms with Gasteiger partial charge in [0, 0.05) is 11.1 Å². The van der Waals surface area contributed by atoms with E-state index in [0.29, 0.717) is 11.1 Å². The zero-order chi connectivity index (χ0) is 10.7. The van der Waals surface area contributed by atoms with Gasteiger partial charge in [0.15, 0.2) is 0 Å². The third-order valence-corrected chi connectivity index (χ3v) is 4.47. The minimum absolute atomic E-state index is 0.502. The highest BCUT2D eigenvalue weighted by Crippen LogP contribution is 2.32. The lowest BCUT2D eigenvalue weighted by Gasteiger charge is -2.08. The van der Waals surface area contributed by atoms with Crippen molar-refractivity contribution >= 4 is 44.9 Å². The lowest BCUT2D eigenvalue weighted by atomic mass is 10.4. The van der Waals surface area contributed by atoms with Crippen molar-refractivity contribution in [3.63, 3.8) is 0 Å². The summed E-state index contributed by atoms with van der Waals surface area (Å²) in [7, 11) is 0. The van der Waals surface area contributed by atoms with E-state index in [2.05, 4.69) is 22.3 Å². The van der Waals surface area contributed by atoms with Crippen molar-refractivity contribution in [3.8, 4) is 0 Å². The molecule has 1 unspecified atom stereocenters. The molecule has 0 aliphatic rings. The van der Waals surface area contributed by atoms with Gasteiger partial charge in [0.2, 0.25) is 0 Å². The van der Waals surface area contributed by atoms with Crippen LogP contribution in [0.4, 0.5) is 0 Å². The summed E-state index contributed by atoms with van der Waals surface area (Å²) >= 11 is 9.19. The maximum atomic E-state index is 5.72. The Kier molecular flexibility index (Phi) is 3.83. The van der Waals surface area contributed by atoms with E-state index in [1.54, 1.807) is 29.4 Å². The standard InChI is InChI=1S/C10H11ClN2S2/c1-7(2-4-11)15-10-9-8(3-5-14-9)12-6-13-10/h3,5-7H,2,4H2,1H3. The van der Waals surface area contributed by atoms with Gasteiger partial charge in [-0.3, -0.25) is 0 Å². The summed E-state index contributed by atoms with van der Waals surface area (Å²) in [5.41, 5.74) is 1.04. The normalized spacial score (nSPS) is 13.2. The van der Waals surface area contributed by atoms with Gasteiger partial charge < -0.3 is 0 Å². The highest BCUT2D eigenvalue weighted by molar-refractivity contribution is 8.00. The molecule has 0 saturated carbocycles. The van der Waals surface area contributed by atoms with Gasteiger partial charge in [-0.05, 0) is 17.9 Å². The maximum Gasteiger partial charge on any atom is 0.118 e. The molecule has 2 heterocycles. The van der Waals surface area contributed by atoms with Gasteiger partial charge in [0.05, 0.1) is 10.2 Å². The van der Waals surface area contributed by atoms with Crippen LogP contribution in [-0.2, 0) is 0 Å². The third kappa shape index (κ3) is 2.62. The second-order valence-electron chi connectivity index (χ2n) is 3.22. The molecule has 0 bridgehead atoms. The number of nitrogens with zero attached hydrogens (tertiary/aromatic N) is 2. The first kappa shape index (κ1) is 11.2. The van der Waals surface area contributed by atoms with Crippen molar-refractivity contribution in [1.29, 1.82) is 0 Å². The van der Waals surface area contributed by atoms with Crippen LogP contribution in [0.3, 0.4) is 0 Å². The van der Waals surface area contributed by atoms with Gasteiger partial charge in [-0.15, -0.1) is 34.7 Å². The average Bonchev–Trinajstić information content (AvgIpc) is 2.67. The third-order valence-electron chi connectivity index (χ3n) is 2.04. The zero-order valence-corrected chi connectivity index (χ0v) is 10.7. The SMILES string of the molecule is CC(CCCl)Sc1ncnc2ccsc12. The summed E-state index contributed by atoms with van der Waals surface area (Å²) in [5, 5.41) is 3.63. The Morgan fingerprint density at radius 2 is 2.40 bits per heavy atom. The molecule has 0 fully saturated rings. The quantitative estimate of drug-likeness (QED) is 0.474. The van der Waals surface area contributed by atoms with Crippen molar-refractivity contribution in [2.45, 2.75) is 23.6 Å². The molecule has 2 aromatic rings. The lowest BCUT2D eigenvalue weighted by Crippen LogP contribution is -1.97. The summed E-state index contributed by atoms with van der Waals surface area (Å²) in [6.45, 7) is 2.18. The molecule has 0 aliphatic carbocycles. The Hall–Kier alpha value is -0.320. The first-order valence-electron chi connectivity index (χ1n) is 4.72. The number of aromatic nitrogens is 2. The van der Waals surface area contributed by atoms with Crippen LogP contribution < -0.4 is 0 Å². The monoisotopic (exact) mass is 258 g/mol. The van der Waals surface area contributed by atoms with Crippen LogP contribution in [0.15, 0.2) is 22.8 Å². The number of thioether (sulfide) groups is 1. The highest BCUT2D eigenvalue weighted by atomic mass is 35.5. The van der Waals surface area contributed by atoms with Crippen LogP contribution >= 0.6 is 34.7 Å². The van der Waals surface area contributed by atoms with E-state index >= 15 is 0 Å². The topological polar surface area (TPSA) is 25.8 Å². The summed E-state index contributed by atoms with van der Waals surface area (Å²) in [5.74, 6) is 0.701. The van der Waals surface area contributed by atoms with E-state index in [1.807, 2.05) is 6.07 Å². The van der Waals surface area contributed by atoms with Crippen LogP contribution in [0.5, 0.6) is 0 Å². The Balaban J connectivity index is 2.23. The van der Waals surface area contributed by atoms with Crippen molar-refractivity contribution in [3.05, 3.63) is 17.8 Å². The second-order valence-corrected chi connectivity index (χ2v) is 5.94. The van der Waals surface area contributed by atoms with E-state index in [9.17, 15) is 0 Å². The Bertz CT molecular complexity index is 444. The van der Waals surface area contributed by atoms with Crippen LogP contribution in [0, 0.1) is 0 Å². The fourth-order valence-corrected chi connectivity index (χ4v) is 3.66. The van der Waals surface area contributed by atoms with Crippen molar-refractivity contribution in [2.75, 3.05) is 5.88 Å². The number of thiophene rings is 1. The molecule has 80 valence electrons. The van der Waals surface area contributed by atoms with E-state index in [-0.39, 0.29) is 0 Å².